The molecule has 0 aliphatic heterocycles. The number of carbonyl (C=O) groups excluding carboxylic acids is 2. The summed E-state index contributed by atoms with van der Waals surface area (Å²) >= 11 is 0. The fraction of sp³-hybridized carbons (Fsp3) is 0.591. The Morgan fingerprint density at radius 1 is 1.26 bits per heavy atom. The first-order valence-electron chi connectivity index (χ1n) is 10.8. The lowest BCUT2D eigenvalue weighted by molar-refractivity contribution is 0.0635. The van der Waals surface area contributed by atoms with Gasteiger partial charge in [-0.2, -0.15) is 0 Å². The van der Waals surface area contributed by atoms with Gasteiger partial charge in [0.05, 0.1) is 5.56 Å². The second-order valence-electron chi connectivity index (χ2n) is 10.3. The molecule has 0 aromatic carbocycles. The maximum atomic E-state index is 12.8. The lowest BCUT2D eigenvalue weighted by Crippen LogP contribution is -2.30. The molecule has 1 saturated carbocycles. The van der Waals surface area contributed by atoms with Crippen molar-refractivity contribution in [3.8, 4) is 0 Å². The van der Waals surface area contributed by atoms with Crippen LogP contribution < -0.4 is 10.6 Å². The lowest BCUT2D eigenvalue weighted by Gasteiger charge is -2.20. The van der Waals surface area contributed by atoms with Crippen molar-refractivity contribution >= 4 is 36.9 Å². The van der Waals surface area contributed by atoms with Gasteiger partial charge in [0.25, 0.3) is 5.91 Å². The predicted molar refractivity (Wildman–Crippen MR) is 124 cm³/mol. The van der Waals surface area contributed by atoms with Crippen LogP contribution in [0.1, 0.15) is 44.0 Å². The number of nitrogens with zero attached hydrogens (tertiary/aromatic N) is 2. The van der Waals surface area contributed by atoms with Crippen LogP contribution in [-0.4, -0.2) is 47.9 Å². The van der Waals surface area contributed by atoms with E-state index >= 15 is 0 Å². The van der Waals surface area contributed by atoms with Crippen LogP contribution in [0.25, 0.3) is 11.0 Å². The van der Waals surface area contributed by atoms with E-state index in [1.807, 2.05) is 16.8 Å². The normalized spacial score (nSPS) is 14.5. The fourth-order valence-electron chi connectivity index (χ4n) is 2.92. The molecule has 9 heteroatoms. The van der Waals surface area contributed by atoms with Gasteiger partial charge in [0, 0.05) is 32.3 Å². The van der Waals surface area contributed by atoms with E-state index in [-0.39, 0.29) is 17.8 Å². The summed E-state index contributed by atoms with van der Waals surface area (Å²) in [6.45, 7) is 13.3. The average Bonchev–Trinajstić information content (AvgIpc) is 3.34. The Kier molecular flexibility index (Phi) is 6.75. The number of fused-ring (bicyclic) bond motifs is 1. The van der Waals surface area contributed by atoms with Gasteiger partial charge >= 0.3 is 6.09 Å². The third-order valence-corrected chi connectivity index (χ3v) is 6.44. The minimum Gasteiger partial charge on any atom is -0.444 e. The van der Waals surface area contributed by atoms with Gasteiger partial charge in [-0.05, 0) is 51.8 Å². The molecule has 0 saturated heterocycles. The monoisotopic (exact) mass is 446 g/mol. The Bertz CT molecular complexity index is 955. The summed E-state index contributed by atoms with van der Waals surface area (Å²) in [6, 6.07) is 4.93. The van der Waals surface area contributed by atoms with E-state index in [1.165, 1.54) is 0 Å². The molecule has 0 bridgehead atoms. The number of ether oxygens (including phenoxy) is 2. The van der Waals surface area contributed by atoms with Crippen molar-refractivity contribution < 1.29 is 19.1 Å². The van der Waals surface area contributed by atoms with Gasteiger partial charge in [0.2, 0.25) is 0 Å². The van der Waals surface area contributed by atoms with E-state index in [1.54, 1.807) is 26.8 Å². The summed E-state index contributed by atoms with van der Waals surface area (Å²) in [5.41, 5.74) is 0.305. The van der Waals surface area contributed by atoms with Gasteiger partial charge < -0.3 is 19.4 Å². The minimum atomic E-state index is -1.16. The van der Waals surface area contributed by atoms with Crippen LogP contribution in [0.3, 0.4) is 0 Å². The first-order valence-corrected chi connectivity index (χ1v) is 14.5. The number of hydrogen-bond acceptors (Lipinski definition) is 5. The van der Waals surface area contributed by atoms with Crippen LogP contribution in [0.2, 0.25) is 25.7 Å². The highest BCUT2D eigenvalue weighted by Gasteiger charge is 2.27. The van der Waals surface area contributed by atoms with E-state index in [0.29, 0.717) is 24.5 Å². The average molecular weight is 447 g/mol. The lowest BCUT2D eigenvalue weighted by atomic mass is 10.2. The number of anilines is 1. The third kappa shape index (κ3) is 7.07. The number of hydrogen-bond donors (Lipinski definition) is 2. The Morgan fingerprint density at radius 3 is 2.58 bits per heavy atom. The molecule has 2 aromatic heterocycles. The third-order valence-electron chi connectivity index (χ3n) is 4.74. The largest absolute Gasteiger partial charge is 0.444 e. The molecule has 31 heavy (non-hydrogen) atoms. The molecular weight excluding hydrogens is 412 g/mol. The van der Waals surface area contributed by atoms with Gasteiger partial charge in [0.1, 0.15) is 18.0 Å². The summed E-state index contributed by atoms with van der Waals surface area (Å²) < 4.78 is 13.1. The van der Waals surface area contributed by atoms with Crippen LogP contribution in [0.4, 0.5) is 10.6 Å². The van der Waals surface area contributed by atoms with Gasteiger partial charge in [-0.25, -0.2) is 9.78 Å². The zero-order chi connectivity index (χ0) is 22.8. The molecule has 0 radical (unpaired) electrons. The van der Waals surface area contributed by atoms with E-state index in [4.69, 9.17) is 9.47 Å². The standard InChI is InChI=1S/C22H34N4O4Si/c1-22(2,3)30-21(28)25-18-17(20(27)23-16-7-8-16)13-15-9-10-26(19(15)24-18)14-29-11-12-31(4,5)6/h9-10,13,16H,7-8,11-12,14H2,1-6H3,(H,23,27)(H,24,25,28). The number of carbonyl (C=O) groups is 2. The summed E-state index contributed by atoms with van der Waals surface area (Å²) in [5, 5.41) is 6.43. The number of aromatic nitrogens is 2. The zero-order valence-corrected chi connectivity index (χ0v) is 20.4. The van der Waals surface area contributed by atoms with Crippen molar-refractivity contribution in [3.63, 3.8) is 0 Å². The van der Waals surface area contributed by atoms with Crippen LogP contribution in [0.15, 0.2) is 18.3 Å². The summed E-state index contributed by atoms with van der Waals surface area (Å²) in [5.74, 6) is -0.0657. The molecule has 0 atom stereocenters. The predicted octanol–water partition coefficient (Wildman–Crippen LogP) is 4.59. The van der Waals surface area contributed by atoms with Gasteiger partial charge in [0.15, 0.2) is 5.82 Å². The smallest absolute Gasteiger partial charge is 0.413 e. The fourth-order valence-corrected chi connectivity index (χ4v) is 3.67. The maximum absolute atomic E-state index is 12.8. The highest BCUT2D eigenvalue weighted by molar-refractivity contribution is 6.76. The van der Waals surface area contributed by atoms with Crippen molar-refractivity contribution in [2.75, 3.05) is 11.9 Å². The van der Waals surface area contributed by atoms with Crippen molar-refractivity contribution in [2.45, 2.75) is 77.7 Å². The Balaban J connectivity index is 1.83. The minimum absolute atomic E-state index is 0.182. The number of amides is 2. The van der Waals surface area contributed by atoms with Crippen LogP contribution >= 0.6 is 0 Å². The van der Waals surface area contributed by atoms with Crippen molar-refractivity contribution in [3.05, 3.63) is 23.9 Å². The molecule has 1 fully saturated rings. The zero-order valence-electron chi connectivity index (χ0n) is 19.4. The summed E-state index contributed by atoms with van der Waals surface area (Å²) in [7, 11) is -1.16. The van der Waals surface area contributed by atoms with Gasteiger partial charge in [-0.3, -0.25) is 10.1 Å². The van der Waals surface area contributed by atoms with E-state index < -0.39 is 19.8 Å². The highest BCUT2D eigenvalue weighted by atomic mass is 28.3. The van der Waals surface area contributed by atoms with E-state index in [2.05, 4.69) is 35.3 Å². The van der Waals surface area contributed by atoms with Crippen molar-refractivity contribution in [2.24, 2.45) is 0 Å². The molecule has 2 amide bonds. The van der Waals surface area contributed by atoms with E-state index in [9.17, 15) is 9.59 Å². The molecule has 2 heterocycles. The molecular formula is C22H34N4O4Si. The molecule has 8 nitrogen and oxygen atoms in total. The molecule has 170 valence electrons. The molecule has 3 rings (SSSR count). The molecule has 1 aliphatic carbocycles. The molecule has 2 N–H and O–H groups in total. The Hall–Kier alpha value is -2.39. The van der Waals surface area contributed by atoms with Crippen molar-refractivity contribution in [1.29, 1.82) is 0 Å². The van der Waals surface area contributed by atoms with Crippen LogP contribution in [-0.2, 0) is 16.2 Å². The number of pyridine rings is 1. The highest BCUT2D eigenvalue weighted by Crippen LogP contribution is 2.25. The van der Waals surface area contributed by atoms with E-state index in [0.717, 1.165) is 24.3 Å². The molecule has 0 unspecified atom stereocenters. The maximum Gasteiger partial charge on any atom is 0.413 e. The second-order valence-corrected chi connectivity index (χ2v) is 15.9. The number of rotatable bonds is 8. The quantitative estimate of drug-likeness (QED) is 0.457. The second kappa shape index (κ2) is 9.00. The first-order chi connectivity index (χ1) is 14.4. The Morgan fingerprint density at radius 2 is 1.97 bits per heavy atom. The van der Waals surface area contributed by atoms with Gasteiger partial charge in [-0.1, -0.05) is 19.6 Å². The van der Waals surface area contributed by atoms with Crippen LogP contribution in [0.5, 0.6) is 0 Å². The molecule has 1 aliphatic rings. The molecule has 2 aromatic rings. The first kappa shape index (κ1) is 23.3. The van der Waals surface area contributed by atoms with Gasteiger partial charge in [-0.15, -0.1) is 0 Å². The number of nitrogens with one attached hydrogen (secondary N) is 2. The topological polar surface area (TPSA) is 94.5 Å². The van der Waals surface area contributed by atoms with Crippen molar-refractivity contribution in [1.82, 2.24) is 14.9 Å². The Labute approximate surface area is 184 Å². The molecule has 0 spiro atoms. The van der Waals surface area contributed by atoms with Crippen LogP contribution in [0, 0.1) is 0 Å². The SMILES string of the molecule is CC(C)(C)OC(=O)Nc1nc2c(ccn2COCC[Si](C)(C)C)cc1C(=O)NC1CC1. The summed E-state index contributed by atoms with van der Waals surface area (Å²) in [6.07, 6.45) is 3.18. The summed E-state index contributed by atoms with van der Waals surface area (Å²) in [4.78, 5) is 29.7.